The Bertz CT molecular complexity index is 1000. The Hall–Kier alpha value is -2.23. The van der Waals surface area contributed by atoms with E-state index in [2.05, 4.69) is 9.71 Å². The third kappa shape index (κ3) is 3.58. The summed E-state index contributed by atoms with van der Waals surface area (Å²) < 4.78 is 42.4. The van der Waals surface area contributed by atoms with Crippen LogP contribution >= 0.6 is 22.9 Å². The molecule has 1 aromatic heterocycles. The van der Waals surface area contributed by atoms with Crippen molar-refractivity contribution in [2.24, 2.45) is 4.40 Å². The molecule has 1 aromatic carbocycles. The topological polar surface area (TPSA) is 78.8 Å². The highest BCUT2D eigenvalue weighted by atomic mass is 35.5. The molecule has 0 radical (unpaired) electrons. The van der Waals surface area contributed by atoms with Crippen molar-refractivity contribution in [3.8, 4) is 0 Å². The summed E-state index contributed by atoms with van der Waals surface area (Å²) in [6.45, 7) is 0. The van der Waals surface area contributed by atoms with Crippen LogP contribution in [0.2, 0.25) is 5.02 Å². The lowest BCUT2D eigenvalue weighted by Gasteiger charge is -2.23. The normalized spacial score (nSPS) is 16.2. The van der Waals surface area contributed by atoms with E-state index in [0.717, 1.165) is 10.4 Å². The molecule has 1 aliphatic rings. The van der Waals surface area contributed by atoms with Crippen LogP contribution in [0.5, 0.6) is 0 Å². The number of likely N-dealkylation sites (N-methyl/N-ethyl adjacent to an activating group) is 1. The average molecular weight is 400 g/mol. The quantitative estimate of drug-likeness (QED) is 0.861. The van der Waals surface area contributed by atoms with Gasteiger partial charge in [0.05, 0.1) is 15.6 Å². The van der Waals surface area contributed by atoms with Crippen molar-refractivity contribution in [1.29, 1.82) is 0 Å². The van der Waals surface area contributed by atoms with Crippen LogP contribution in [0.25, 0.3) is 0 Å². The van der Waals surface area contributed by atoms with Crippen LogP contribution in [0.1, 0.15) is 4.88 Å². The fourth-order valence-electron chi connectivity index (χ4n) is 2.07. The Balaban J connectivity index is 1.94. The zero-order chi connectivity index (χ0) is 18.2. The van der Waals surface area contributed by atoms with Crippen LogP contribution in [0.4, 0.5) is 10.1 Å². The number of nitrogens with zero attached hydrogens (tertiary/aromatic N) is 2. The highest BCUT2D eigenvalue weighted by molar-refractivity contribution is 7.88. The molecule has 0 spiro atoms. The molecule has 2 heterocycles. The molecule has 0 atom stereocenters. The van der Waals surface area contributed by atoms with Gasteiger partial charge in [-0.1, -0.05) is 17.7 Å². The maximum atomic E-state index is 13.5. The summed E-state index contributed by atoms with van der Waals surface area (Å²) in [6, 6.07) is 7.20. The first-order valence-corrected chi connectivity index (χ1v) is 9.54. The third-order valence-corrected chi connectivity index (χ3v) is 5.87. The van der Waals surface area contributed by atoms with E-state index in [-0.39, 0.29) is 22.1 Å². The van der Waals surface area contributed by atoms with Gasteiger partial charge in [-0.25, -0.2) is 8.70 Å². The monoisotopic (exact) mass is 399 g/mol. The third-order valence-electron chi connectivity index (χ3n) is 3.36. The predicted octanol–water partition coefficient (Wildman–Crippen LogP) is 3.04. The molecule has 6 nitrogen and oxygen atoms in total. The maximum Gasteiger partial charge on any atom is 0.345 e. The fraction of sp³-hybridized carbons (Fsp3) is 0.0667. The van der Waals surface area contributed by atoms with Crippen molar-refractivity contribution in [3.05, 3.63) is 63.2 Å². The van der Waals surface area contributed by atoms with Gasteiger partial charge in [-0.2, -0.15) is 8.42 Å². The number of anilines is 1. The Morgan fingerprint density at radius 1 is 1.36 bits per heavy atom. The molecular formula is C15H11ClFN3O3S2. The highest BCUT2D eigenvalue weighted by Gasteiger charge is 2.30. The molecule has 1 aliphatic heterocycles. The average Bonchev–Trinajstić information content (AvgIpc) is 3.07. The molecule has 1 amide bonds. The summed E-state index contributed by atoms with van der Waals surface area (Å²) in [5, 5.41) is 4.14. The number of benzene rings is 1. The van der Waals surface area contributed by atoms with Gasteiger partial charge in [-0.3, -0.25) is 4.79 Å². The Morgan fingerprint density at radius 2 is 2.12 bits per heavy atom. The Labute approximate surface area is 152 Å². The molecule has 130 valence electrons. The second-order valence-corrected chi connectivity index (χ2v) is 7.99. The van der Waals surface area contributed by atoms with Gasteiger partial charge in [0, 0.05) is 12.7 Å². The molecule has 10 heteroatoms. The number of nitrogens with one attached hydrogen (secondary N) is 1. The molecule has 1 N–H and O–H groups in total. The molecule has 0 saturated carbocycles. The number of carbonyl (C=O) groups is 1. The summed E-state index contributed by atoms with van der Waals surface area (Å²) in [5.74, 6) is -1.41. The second kappa shape index (κ2) is 6.58. The van der Waals surface area contributed by atoms with Crippen molar-refractivity contribution in [3.63, 3.8) is 0 Å². The smallest absolute Gasteiger partial charge is 0.321 e. The van der Waals surface area contributed by atoms with Crippen molar-refractivity contribution >= 4 is 50.5 Å². The molecule has 3 rings (SSSR count). The minimum atomic E-state index is -4.03. The number of hydrogen-bond acceptors (Lipinski definition) is 4. The largest absolute Gasteiger partial charge is 0.345 e. The number of amides is 1. The number of allylic oxidation sites excluding steroid dienone is 1. The summed E-state index contributed by atoms with van der Waals surface area (Å²) >= 11 is 6.90. The molecule has 0 fully saturated rings. The van der Waals surface area contributed by atoms with Crippen LogP contribution < -0.4 is 5.32 Å². The van der Waals surface area contributed by atoms with Crippen LogP contribution in [-0.4, -0.2) is 31.4 Å². The van der Waals surface area contributed by atoms with Crippen LogP contribution in [0.3, 0.4) is 0 Å². The van der Waals surface area contributed by atoms with Gasteiger partial charge in [-0.15, -0.1) is 15.7 Å². The van der Waals surface area contributed by atoms with Gasteiger partial charge in [0.15, 0.2) is 0 Å². The van der Waals surface area contributed by atoms with Crippen molar-refractivity contribution in [1.82, 2.24) is 4.31 Å². The van der Waals surface area contributed by atoms with Gasteiger partial charge >= 0.3 is 10.2 Å². The zero-order valence-electron chi connectivity index (χ0n) is 12.7. The van der Waals surface area contributed by atoms with Gasteiger partial charge in [-0.05, 0) is 35.7 Å². The van der Waals surface area contributed by atoms with E-state index < -0.39 is 21.9 Å². The lowest BCUT2D eigenvalue weighted by Crippen LogP contribution is -2.35. The minimum absolute atomic E-state index is 0.0818. The van der Waals surface area contributed by atoms with Crippen LogP contribution in [0, 0.1) is 5.82 Å². The summed E-state index contributed by atoms with van der Waals surface area (Å²) in [4.78, 5) is 13.1. The van der Waals surface area contributed by atoms with Crippen molar-refractivity contribution in [2.75, 3.05) is 12.4 Å². The number of halogens is 2. The fourth-order valence-corrected chi connectivity index (χ4v) is 3.84. The Morgan fingerprint density at radius 3 is 2.76 bits per heavy atom. The first-order valence-electron chi connectivity index (χ1n) is 6.89. The number of carbonyl (C=O) groups excluding carboxylic acids is 1. The SMILES string of the molecule is CN1C(C(=O)Nc2ccc(Cl)c(F)c2)=CC(c2cccs2)=NS1(=O)=O. The zero-order valence-corrected chi connectivity index (χ0v) is 15.1. The minimum Gasteiger partial charge on any atom is -0.321 e. The van der Waals surface area contributed by atoms with Gasteiger partial charge in [0.2, 0.25) is 0 Å². The van der Waals surface area contributed by atoms with E-state index in [1.165, 1.54) is 36.6 Å². The molecular weight excluding hydrogens is 389 g/mol. The van der Waals surface area contributed by atoms with E-state index in [0.29, 0.717) is 4.88 Å². The van der Waals surface area contributed by atoms with E-state index >= 15 is 0 Å². The number of thiophene rings is 1. The standard InChI is InChI=1S/C15H11ClFN3O3S2/c1-20-13(15(21)18-9-4-5-10(16)11(17)7-9)8-12(19-25(20,22)23)14-3-2-6-24-14/h2-8H,1H3,(H,18,21). The molecule has 0 saturated heterocycles. The molecule has 25 heavy (non-hydrogen) atoms. The first kappa shape index (κ1) is 17.6. The highest BCUT2D eigenvalue weighted by Crippen LogP contribution is 2.24. The van der Waals surface area contributed by atoms with E-state index in [4.69, 9.17) is 11.6 Å². The Kier molecular flexibility index (Phi) is 4.63. The maximum absolute atomic E-state index is 13.5. The molecule has 2 aromatic rings. The second-order valence-electron chi connectivity index (χ2n) is 5.01. The first-order chi connectivity index (χ1) is 11.8. The van der Waals surface area contributed by atoms with E-state index in [1.54, 1.807) is 17.5 Å². The molecule has 0 bridgehead atoms. The van der Waals surface area contributed by atoms with Crippen molar-refractivity contribution < 1.29 is 17.6 Å². The number of rotatable bonds is 3. The number of hydrogen-bond donors (Lipinski definition) is 1. The van der Waals surface area contributed by atoms with E-state index in [1.807, 2.05) is 0 Å². The summed E-state index contributed by atoms with van der Waals surface area (Å²) in [5.41, 5.74) is 0.188. The van der Waals surface area contributed by atoms with Gasteiger partial charge in [0.25, 0.3) is 5.91 Å². The van der Waals surface area contributed by atoms with Crippen LogP contribution in [-0.2, 0) is 15.0 Å². The van der Waals surface area contributed by atoms with Gasteiger partial charge in [0.1, 0.15) is 11.5 Å². The predicted molar refractivity (Wildman–Crippen MR) is 95.7 cm³/mol. The summed E-state index contributed by atoms with van der Waals surface area (Å²) in [6.07, 6.45) is 1.37. The van der Waals surface area contributed by atoms with Crippen molar-refractivity contribution in [2.45, 2.75) is 0 Å². The lowest BCUT2D eigenvalue weighted by molar-refractivity contribution is -0.113. The molecule has 0 aliphatic carbocycles. The lowest BCUT2D eigenvalue weighted by atomic mass is 10.2. The van der Waals surface area contributed by atoms with Crippen LogP contribution in [0.15, 0.2) is 51.9 Å². The summed E-state index contributed by atoms with van der Waals surface area (Å²) in [7, 11) is -2.81. The van der Waals surface area contributed by atoms with E-state index in [9.17, 15) is 17.6 Å². The van der Waals surface area contributed by atoms with Gasteiger partial charge < -0.3 is 5.32 Å². The molecule has 0 unspecified atom stereocenters.